The van der Waals surface area contributed by atoms with Crippen LogP contribution in [0.25, 0.3) is 0 Å². The van der Waals surface area contributed by atoms with Crippen molar-refractivity contribution >= 4 is 34.6 Å². The van der Waals surface area contributed by atoms with Crippen LogP contribution < -0.4 is 20.1 Å². The van der Waals surface area contributed by atoms with Gasteiger partial charge in [-0.15, -0.1) is 0 Å². The van der Waals surface area contributed by atoms with E-state index >= 15 is 0 Å². The predicted molar refractivity (Wildman–Crippen MR) is 133 cm³/mol. The molecule has 1 heterocycles. The van der Waals surface area contributed by atoms with Crippen LogP contribution in [0.3, 0.4) is 0 Å². The Morgan fingerprint density at radius 2 is 1.75 bits per heavy atom. The van der Waals surface area contributed by atoms with Crippen molar-refractivity contribution in [1.29, 1.82) is 0 Å². The Kier molecular flexibility index (Phi) is 7.12. The Labute approximate surface area is 199 Å². The maximum Gasteiger partial charge on any atom is 0.219 e. The first-order chi connectivity index (χ1) is 15.6. The molecule has 0 amide bonds. The van der Waals surface area contributed by atoms with Crippen LogP contribution in [0.1, 0.15) is 31.2 Å². The van der Waals surface area contributed by atoms with Crippen LogP contribution in [-0.4, -0.2) is 23.8 Å². The number of nitrogens with one attached hydrogen (secondary N) is 2. The lowest BCUT2D eigenvalue weighted by Gasteiger charge is -2.30. The van der Waals surface area contributed by atoms with Crippen molar-refractivity contribution in [3.05, 3.63) is 77.4 Å². The summed E-state index contributed by atoms with van der Waals surface area (Å²) in [5.41, 5.74) is 2.19. The summed E-state index contributed by atoms with van der Waals surface area (Å²) >= 11 is 11.6. The summed E-state index contributed by atoms with van der Waals surface area (Å²) < 4.78 is 11.1. The molecule has 1 aliphatic carbocycles. The summed E-state index contributed by atoms with van der Waals surface area (Å²) in [4.78, 5) is 4.37. The molecule has 1 fully saturated rings. The van der Waals surface area contributed by atoms with Gasteiger partial charge in [-0.3, -0.25) is 0 Å². The second kappa shape index (κ2) is 10.2. The molecule has 0 unspecified atom stereocenters. The molecule has 166 valence electrons. The van der Waals surface area contributed by atoms with Crippen LogP contribution in [0.15, 0.2) is 66.9 Å². The zero-order valence-corrected chi connectivity index (χ0v) is 19.5. The van der Waals surface area contributed by atoms with Gasteiger partial charge < -0.3 is 20.1 Å². The fraction of sp³-hybridized carbons (Fsp3) is 0.280. The summed E-state index contributed by atoms with van der Waals surface area (Å²) in [6.45, 7) is 0.781. The van der Waals surface area contributed by atoms with E-state index in [2.05, 4.69) is 27.8 Å². The minimum absolute atomic E-state index is 0.0843. The molecule has 1 saturated carbocycles. The van der Waals surface area contributed by atoms with E-state index in [0.29, 0.717) is 22.5 Å². The van der Waals surface area contributed by atoms with E-state index in [1.807, 2.05) is 42.5 Å². The van der Waals surface area contributed by atoms with Crippen molar-refractivity contribution in [3.63, 3.8) is 0 Å². The molecule has 2 aromatic carbocycles. The highest BCUT2D eigenvalue weighted by molar-refractivity contribution is 7.80. The van der Waals surface area contributed by atoms with E-state index in [1.54, 1.807) is 19.4 Å². The quantitative estimate of drug-likeness (QED) is 0.396. The first kappa shape index (κ1) is 22.4. The number of rotatable bonds is 7. The SMILES string of the molecule is COc1ccccc1Oc1ccc(NC(=S)NCC2(c3ccc(Cl)cc3)CCCC2)cn1. The summed E-state index contributed by atoms with van der Waals surface area (Å²) in [6, 6.07) is 19.3. The minimum Gasteiger partial charge on any atom is -0.493 e. The number of aromatic nitrogens is 1. The second-order valence-electron chi connectivity index (χ2n) is 7.94. The Hall–Kier alpha value is -2.83. The standard InChI is InChI=1S/C25H26ClN3O2S/c1-30-21-6-2-3-7-22(21)31-23-13-12-20(16-27-23)29-24(32)28-17-25(14-4-5-15-25)18-8-10-19(26)11-9-18/h2-3,6-13,16H,4-5,14-15,17H2,1H3,(H2,28,29,32). The Morgan fingerprint density at radius 3 is 2.41 bits per heavy atom. The van der Waals surface area contributed by atoms with Gasteiger partial charge in [0.15, 0.2) is 16.6 Å². The lowest BCUT2D eigenvalue weighted by molar-refractivity contribution is 0.374. The maximum atomic E-state index is 6.09. The number of hydrogen-bond donors (Lipinski definition) is 2. The van der Waals surface area contributed by atoms with Gasteiger partial charge in [-0.2, -0.15) is 0 Å². The number of ether oxygens (including phenoxy) is 2. The van der Waals surface area contributed by atoms with E-state index in [-0.39, 0.29) is 5.41 Å². The third-order valence-corrected chi connectivity index (χ3v) is 6.38. The average molecular weight is 468 g/mol. The number of halogens is 1. The molecule has 1 aliphatic rings. The fourth-order valence-electron chi connectivity index (χ4n) is 4.18. The number of anilines is 1. The molecule has 0 radical (unpaired) electrons. The van der Waals surface area contributed by atoms with Crippen LogP contribution in [-0.2, 0) is 5.41 Å². The number of para-hydroxylation sites is 2. The third kappa shape index (κ3) is 5.31. The van der Waals surface area contributed by atoms with Crippen molar-refractivity contribution < 1.29 is 9.47 Å². The second-order valence-corrected chi connectivity index (χ2v) is 8.78. The smallest absolute Gasteiger partial charge is 0.219 e. The number of nitrogens with zero attached hydrogens (tertiary/aromatic N) is 1. The lowest BCUT2D eigenvalue weighted by Crippen LogP contribution is -2.40. The van der Waals surface area contributed by atoms with Gasteiger partial charge in [-0.05, 0) is 61.0 Å². The zero-order chi connectivity index (χ0) is 22.4. The van der Waals surface area contributed by atoms with Crippen LogP contribution in [0.5, 0.6) is 17.4 Å². The summed E-state index contributed by atoms with van der Waals surface area (Å²) in [5.74, 6) is 1.75. The van der Waals surface area contributed by atoms with Crippen molar-refractivity contribution in [3.8, 4) is 17.4 Å². The van der Waals surface area contributed by atoms with E-state index in [1.165, 1.54) is 18.4 Å². The first-order valence-corrected chi connectivity index (χ1v) is 11.4. The number of benzene rings is 2. The largest absolute Gasteiger partial charge is 0.493 e. The molecule has 0 spiro atoms. The molecule has 2 N–H and O–H groups in total. The monoisotopic (exact) mass is 467 g/mol. The summed E-state index contributed by atoms with van der Waals surface area (Å²) in [5, 5.41) is 7.96. The molecule has 7 heteroatoms. The van der Waals surface area contributed by atoms with Gasteiger partial charge >= 0.3 is 0 Å². The van der Waals surface area contributed by atoms with Crippen LogP contribution in [0, 0.1) is 0 Å². The molecule has 1 aromatic heterocycles. The van der Waals surface area contributed by atoms with E-state index in [4.69, 9.17) is 33.3 Å². The molecule has 5 nitrogen and oxygen atoms in total. The maximum absolute atomic E-state index is 6.09. The van der Waals surface area contributed by atoms with E-state index in [9.17, 15) is 0 Å². The molecule has 0 atom stereocenters. The Bertz CT molecular complexity index is 1050. The highest BCUT2D eigenvalue weighted by Gasteiger charge is 2.35. The third-order valence-electron chi connectivity index (χ3n) is 5.88. The average Bonchev–Trinajstić information content (AvgIpc) is 3.30. The van der Waals surface area contributed by atoms with E-state index < -0.39 is 0 Å². The number of thiocarbonyl (C=S) groups is 1. The van der Waals surface area contributed by atoms with Gasteiger partial charge in [-0.25, -0.2) is 4.98 Å². The van der Waals surface area contributed by atoms with Crippen LogP contribution in [0.4, 0.5) is 5.69 Å². The Balaban J connectivity index is 1.35. The van der Waals surface area contributed by atoms with Crippen LogP contribution >= 0.6 is 23.8 Å². The van der Waals surface area contributed by atoms with Crippen molar-refractivity contribution in [1.82, 2.24) is 10.3 Å². The normalized spacial score (nSPS) is 14.6. The molecule has 0 bridgehead atoms. The lowest BCUT2D eigenvalue weighted by atomic mass is 9.79. The topological polar surface area (TPSA) is 55.4 Å². The fourth-order valence-corrected chi connectivity index (χ4v) is 4.49. The predicted octanol–water partition coefficient (Wildman–Crippen LogP) is 6.33. The highest BCUT2D eigenvalue weighted by atomic mass is 35.5. The molecule has 4 rings (SSSR count). The highest BCUT2D eigenvalue weighted by Crippen LogP contribution is 2.41. The molecular formula is C25H26ClN3O2S. The van der Waals surface area contributed by atoms with Crippen molar-refractivity contribution in [2.75, 3.05) is 19.0 Å². The van der Waals surface area contributed by atoms with Crippen molar-refractivity contribution in [2.45, 2.75) is 31.1 Å². The molecule has 32 heavy (non-hydrogen) atoms. The van der Waals surface area contributed by atoms with Gasteiger partial charge in [0.2, 0.25) is 5.88 Å². The van der Waals surface area contributed by atoms with Crippen LogP contribution in [0.2, 0.25) is 5.02 Å². The number of pyridine rings is 1. The van der Waals surface area contributed by atoms with Gasteiger partial charge in [0, 0.05) is 23.0 Å². The summed E-state index contributed by atoms with van der Waals surface area (Å²) in [7, 11) is 1.61. The minimum atomic E-state index is 0.0843. The molecular weight excluding hydrogens is 442 g/mol. The van der Waals surface area contributed by atoms with Gasteiger partial charge in [0.25, 0.3) is 0 Å². The molecule has 0 saturated heterocycles. The number of hydrogen-bond acceptors (Lipinski definition) is 4. The van der Waals surface area contributed by atoms with Gasteiger partial charge in [0.1, 0.15) is 0 Å². The van der Waals surface area contributed by atoms with Gasteiger partial charge in [-0.1, -0.05) is 48.7 Å². The zero-order valence-electron chi connectivity index (χ0n) is 17.9. The molecule has 0 aliphatic heterocycles. The Morgan fingerprint density at radius 1 is 1.03 bits per heavy atom. The van der Waals surface area contributed by atoms with Gasteiger partial charge in [0.05, 0.1) is 19.0 Å². The van der Waals surface area contributed by atoms with E-state index in [0.717, 1.165) is 30.1 Å². The van der Waals surface area contributed by atoms with Crippen molar-refractivity contribution in [2.24, 2.45) is 0 Å². The molecule has 3 aromatic rings. The summed E-state index contributed by atoms with van der Waals surface area (Å²) in [6.07, 6.45) is 6.43. The number of methoxy groups -OCH3 is 1. The first-order valence-electron chi connectivity index (χ1n) is 10.7.